The van der Waals surface area contributed by atoms with E-state index in [0.29, 0.717) is 0 Å². The molecular weight excluding hydrogens is 172 g/mol. The quantitative estimate of drug-likeness (QED) is 0.443. The highest BCUT2D eigenvalue weighted by Gasteiger charge is 2.35. The van der Waals surface area contributed by atoms with Gasteiger partial charge in [0.05, 0.1) is 6.61 Å². The van der Waals surface area contributed by atoms with Crippen molar-refractivity contribution < 1.29 is 19.1 Å². The van der Waals surface area contributed by atoms with Crippen molar-refractivity contribution in [3.8, 4) is 0 Å². The molecule has 13 heavy (non-hydrogen) atoms. The summed E-state index contributed by atoms with van der Waals surface area (Å²) in [6.45, 7) is 5.50. The fourth-order valence-corrected chi connectivity index (χ4v) is 1.04. The van der Waals surface area contributed by atoms with E-state index in [-0.39, 0.29) is 19.0 Å². The Balaban J connectivity index is 2.53. The molecule has 0 bridgehead atoms. The van der Waals surface area contributed by atoms with Gasteiger partial charge in [0.2, 0.25) is 0 Å². The van der Waals surface area contributed by atoms with E-state index in [0.717, 1.165) is 0 Å². The fourth-order valence-electron chi connectivity index (χ4n) is 1.04. The first kappa shape index (κ1) is 10.2. The summed E-state index contributed by atoms with van der Waals surface area (Å²) in [7, 11) is 0. The molecular formula is C9H14O4. The van der Waals surface area contributed by atoms with E-state index in [2.05, 4.69) is 0 Å². The van der Waals surface area contributed by atoms with Gasteiger partial charge in [0, 0.05) is 0 Å². The number of ether oxygens (including phenoxy) is 2. The number of Topliss-reactive ketones (excluding diaryl/α,β-unsaturated/α-hetero) is 1. The monoisotopic (exact) mass is 186 g/mol. The van der Waals surface area contributed by atoms with Crippen molar-refractivity contribution in [2.75, 3.05) is 13.2 Å². The summed E-state index contributed by atoms with van der Waals surface area (Å²) >= 11 is 0. The minimum atomic E-state index is -0.709. The molecule has 1 atom stereocenters. The SMILES string of the molecule is CC(C)(C)OC(=O)[C@@H]1COCC1=O. The number of rotatable bonds is 1. The summed E-state index contributed by atoms with van der Waals surface area (Å²) in [4.78, 5) is 22.4. The van der Waals surface area contributed by atoms with Crippen LogP contribution in [-0.4, -0.2) is 30.6 Å². The van der Waals surface area contributed by atoms with E-state index >= 15 is 0 Å². The molecule has 1 fully saturated rings. The molecule has 4 nitrogen and oxygen atoms in total. The van der Waals surface area contributed by atoms with Gasteiger partial charge in [-0.25, -0.2) is 0 Å². The number of esters is 1. The Labute approximate surface area is 77.2 Å². The smallest absolute Gasteiger partial charge is 0.319 e. The van der Waals surface area contributed by atoms with Gasteiger partial charge in [-0.2, -0.15) is 0 Å². The molecule has 1 heterocycles. The summed E-state index contributed by atoms with van der Waals surface area (Å²) in [5.41, 5.74) is -0.542. The summed E-state index contributed by atoms with van der Waals surface area (Å²) in [6.07, 6.45) is 0. The molecule has 0 radical (unpaired) electrons. The predicted molar refractivity (Wildman–Crippen MR) is 45.2 cm³/mol. The highest BCUT2D eigenvalue weighted by Crippen LogP contribution is 2.15. The Morgan fingerprint density at radius 3 is 2.54 bits per heavy atom. The zero-order chi connectivity index (χ0) is 10.1. The molecule has 0 spiro atoms. The van der Waals surface area contributed by atoms with Crippen LogP contribution in [0.15, 0.2) is 0 Å². The molecule has 0 aromatic heterocycles. The summed E-state index contributed by atoms with van der Waals surface area (Å²) in [6, 6.07) is 0. The Kier molecular flexibility index (Phi) is 2.71. The first-order valence-corrected chi connectivity index (χ1v) is 4.23. The lowest BCUT2D eigenvalue weighted by atomic mass is 10.1. The highest BCUT2D eigenvalue weighted by atomic mass is 16.6. The zero-order valence-corrected chi connectivity index (χ0v) is 8.12. The standard InChI is InChI=1S/C9H14O4/c1-9(2,3)13-8(11)6-4-12-5-7(6)10/h6H,4-5H2,1-3H3/t6-/m1/s1. The lowest BCUT2D eigenvalue weighted by Gasteiger charge is -2.20. The number of carbonyl (C=O) groups excluding carboxylic acids is 2. The van der Waals surface area contributed by atoms with Crippen molar-refractivity contribution in [3.63, 3.8) is 0 Å². The van der Waals surface area contributed by atoms with Gasteiger partial charge in [-0.3, -0.25) is 9.59 Å². The summed E-state index contributed by atoms with van der Waals surface area (Å²) < 4.78 is 9.91. The van der Waals surface area contributed by atoms with Crippen LogP contribution in [0.5, 0.6) is 0 Å². The zero-order valence-electron chi connectivity index (χ0n) is 8.12. The molecule has 74 valence electrons. The van der Waals surface area contributed by atoms with Gasteiger partial charge in [0.1, 0.15) is 18.1 Å². The van der Waals surface area contributed by atoms with Crippen LogP contribution in [0.25, 0.3) is 0 Å². The minimum absolute atomic E-state index is 0.0317. The summed E-state index contributed by atoms with van der Waals surface area (Å²) in [5.74, 6) is -1.37. The number of ketones is 1. The maximum absolute atomic E-state index is 11.3. The van der Waals surface area contributed by atoms with Crippen LogP contribution in [-0.2, 0) is 19.1 Å². The fraction of sp³-hybridized carbons (Fsp3) is 0.778. The first-order chi connectivity index (χ1) is 5.90. The van der Waals surface area contributed by atoms with E-state index in [1.54, 1.807) is 20.8 Å². The van der Waals surface area contributed by atoms with Crippen LogP contribution >= 0.6 is 0 Å². The van der Waals surface area contributed by atoms with Crippen molar-refractivity contribution in [2.24, 2.45) is 5.92 Å². The van der Waals surface area contributed by atoms with Gasteiger partial charge >= 0.3 is 5.97 Å². The van der Waals surface area contributed by atoms with E-state index < -0.39 is 17.5 Å². The van der Waals surface area contributed by atoms with Gasteiger partial charge in [0.15, 0.2) is 5.78 Å². The number of hydrogen-bond acceptors (Lipinski definition) is 4. The van der Waals surface area contributed by atoms with E-state index in [9.17, 15) is 9.59 Å². The molecule has 0 aromatic rings. The van der Waals surface area contributed by atoms with Gasteiger partial charge < -0.3 is 9.47 Å². The van der Waals surface area contributed by atoms with Crippen LogP contribution < -0.4 is 0 Å². The Morgan fingerprint density at radius 2 is 2.15 bits per heavy atom. The Bertz CT molecular complexity index is 226. The van der Waals surface area contributed by atoms with Gasteiger partial charge in [-0.1, -0.05) is 0 Å². The van der Waals surface area contributed by atoms with Crippen LogP contribution in [0.3, 0.4) is 0 Å². The van der Waals surface area contributed by atoms with Gasteiger partial charge in [-0.15, -0.1) is 0 Å². The molecule has 1 aliphatic heterocycles. The van der Waals surface area contributed by atoms with E-state index in [1.165, 1.54) is 0 Å². The molecule has 4 heteroatoms. The van der Waals surface area contributed by atoms with Gasteiger partial charge in [0.25, 0.3) is 0 Å². The maximum Gasteiger partial charge on any atom is 0.319 e. The average molecular weight is 186 g/mol. The first-order valence-electron chi connectivity index (χ1n) is 4.23. The third-order valence-corrected chi connectivity index (χ3v) is 1.61. The normalized spacial score (nSPS) is 23.3. The molecule has 1 rings (SSSR count). The van der Waals surface area contributed by atoms with Gasteiger partial charge in [-0.05, 0) is 20.8 Å². The van der Waals surface area contributed by atoms with E-state index in [1.807, 2.05) is 0 Å². The van der Waals surface area contributed by atoms with Crippen molar-refractivity contribution in [2.45, 2.75) is 26.4 Å². The second kappa shape index (κ2) is 3.46. The molecule has 0 aromatic carbocycles. The Morgan fingerprint density at radius 1 is 1.54 bits per heavy atom. The third kappa shape index (κ3) is 2.81. The highest BCUT2D eigenvalue weighted by molar-refractivity contribution is 6.01. The van der Waals surface area contributed by atoms with Crippen molar-refractivity contribution in [1.29, 1.82) is 0 Å². The second-order valence-electron chi connectivity index (χ2n) is 4.07. The van der Waals surface area contributed by atoms with Crippen molar-refractivity contribution in [3.05, 3.63) is 0 Å². The molecule has 0 unspecified atom stereocenters. The van der Waals surface area contributed by atoms with Crippen molar-refractivity contribution in [1.82, 2.24) is 0 Å². The minimum Gasteiger partial charge on any atom is -0.459 e. The second-order valence-corrected chi connectivity index (χ2v) is 4.07. The van der Waals surface area contributed by atoms with E-state index in [4.69, 9.17) is 9.47 Å². The van der Waals surface area contributed by atoms with Crippen molar-refractivity contribution >= 4 is 11.8 Å². The lowest BCUT2D eigenvalue weighted by molar-refractivity contribution is -0.161. The van der Waals surface area contributed by atoms with Crippen LogP contribution in [0.1, 0.15) is 20.8 Å². The predicted octanol–water partition coefficient (Wildman–Crippen LogP) is 0.544. The number of carbonyl (C=O) groups is 2. The molecule has 0 amide bonds. The molecule has 1 aliphatic rings. The Hall–Kier alpha value is -0.900. The summed E-state index contributed by atoms with van der Waals surface area (Å²) in [5, 5.41) is 0. The molecule has 1 saturated heterocycles. The lowest BCUT2D eigenvalue weighted by Crippen LogP contribution is -2.32. The van der Waals surface area contributed by atoms with Crippen LogP contribution in [0.2, 0.25) is 0 Å². The maximum atomic E-state index is 11.3. The topological polar surface area (TPSA) is 52.6 Å². The molecule has 0 aliphatic carbocycles. The molecule has 0 saturated carbocycles. The average Bonchev–Trinajstić information content (AvgIpc) is 2.30. The van der Waals surface area contributed by atoms with Crippen LogP contribution in [0.4, 0.5) is 0 Å². The molecule has 0 N–H and O–H groups in total. The number of hydrogen-bond donors (Lipinski definition) is 0. The largest absolute Gasteiger partial charge is 0.459 e. The van der Waals surface area contributed by atoms with Crippen LogP contribution in [0, 0.1) is 5.92 Å². The third-order valence-electron chi connectivity index (χ3n) is 1.61.